The molecule has 0 N–H and O–H groups in total. The molecule has 0 radical (unpaired) electrons. The number of aryl methyl sites for hydroxylation is 5. The van der Waals surface area contributed by atoms with E-state index in [1.54, 1.807) is 22.5 Å². The maximum Gasteiger partial charge on any atom is 0.264 e. The zero-order valence-electron chi connectivity index (χ0n) is 18.5. The fourth-order valence-electron chi connectivity index (χ4n) is 4.56. The molecular formula is C26H27ClFNO2S. The van der Waals surface area contributed by atoms with Gasteiger partial charge in [0, 0.05) is 11.1 Å². The summed E-state index contributed by atoms with van der Waals surface area (Å²) in [5, 5.41) is 0.354. The second-order valence-corrected chi connectivity index (χ2v) is 10.9. The van der Waals surface area contributed by atoms with Crippen LogP contribution in [0.3, 0.4) is 0 Å². The molecule has 0 bridgehead atoms. The predicted octanol–water partition coefficient (Wildman–Crippen LogP) is 6.55. The number of halogens is 2. The second kappa shape index (κ2) is 8.87. The number of anilines is 1. The van der Waals surface area contributed by atoms with Crippen molar-refractivity contribution in [1.82, 2.24) is 0 Å². The van der Waals surface area contributed by atoms with Gasteiger partial charge < -0.3 is 0 Å². The third kappa shape index (κ3) is 4.41. The number of fused-ring (bicyclic) bond motifs is 1. The fourth-order valence-corrected chi connectivity index (χ4v) is 6.66. The molecule has 1 aliphatic rings. The first-order chi connectivity index (χ1) is 15.2. The average Bonchev–Trinajstić information content (AvgIpc) is 2.72. The van der Waals surface area contributed by atoms with Crippen molar-refractivity contribution in [2.75, 3.05) is 4.31 Å². The van der Waals surface area contributed by atoms with Gasteiger partial charge in [-0.1, -0.05) is 47.5 Å². The maximum atomic E-state index is 14.4. The van der Waals surface area contributed by atoms with Gasteiger partial charge in [-0.2, -0.15) is 0 Å². The van der Waals surface area contributed by atoms with Gasteiger partial charge in [0.2, 0.25) is 0 Å². The Bertz CT molecular complexity index is 1270. The highest BCUT2D eigenvalue weighted by Crippen LogP contribution is 2.38. The summed E-state index contributed by atoms with van der Waals surface area (Å²) in [5.74, 6) is -0.353. The van der Waals surface area contributed by atoms with Crippen LogP contribution >= 0.6 is 11.6 Å². The van der Waals surface area contributed by atoms with E-state index in [0.717, 1.165) is 34.4 Å². The Kier molecular flexibility index (Phi) is 6.33. The summed E-state index contributed by atoms with van der Waals surface area (Å²) in [7, 11) is -3.79. The van der Waals surface area contributed by atoms with Crippen molar-refractivity contribution in [3.63, 3.8) is 0 Å². The van der Waals surface area contributed by atoms with Crippen molar-refractivity contribution in [2.45, 2.75) is 57.4 Å². The molecule has 0 saturated carbocycles. The van der Waals surface area contributed by atoms with Gasteiger partial charge in [-0.3, -0.25) is 4.31 Å². The lowest BCUT2D eigenvalue weighted by Crippen LogP contribution is -2.44. The van der Waals surface area contributed by atoms with Gasteiger partial charge in [0.25, 0.3) is 10.0 Å². The normalized spacial score (nSPS) is 16.2. The zero-order chi connectivity index (χ0) is 23.0. The second-order valence-electron chi connectivity index (χ2n) is 8.67. The first-order valence-corrected chi connectivity index (χ1v) is 12.6. The Balaban J connectivity index is 1.75. The van der Waals surface area contributed by atoms with Crippen molar-refractivity contribution in [2.24, 2.45) is 0 Å². The van der Waals surface area contributed by atoms with Crippen LogP contribution in [0.1, 0.15) is 40.7 Å². The average molecular weight is 472 g/mol. The molecule has 3 aromatic carbocycles. The van der Waals surface area contributed by atoms with Gasteiger partial charge in [0.1, 0.15) is 5.82 Å². The number of sulfonamides is 1. The summed E-state index contributed by atoms with van der Waals surface area (Å²) < 4.78 is 43.9. The third-order valence-electron chi connectivity index (χ3n) is 6.19. The van der Waals surface area contributed by atoms with Gasteiger partial charge in [0.05, 0.1) is 10.6 Å². The molecule has 0 spiro atoms. The van der Waals surface area contributed by atoms with Crippen molar-refractivity contribution in [3.05, 3.63) is 93.3 Å². The molecule has 168 valence electrons. The molecule has 1 atom stereocenters. The zero-order valence-corrected chi connectivity index (χ0v) is 20.1. The highest BCUT2D eigenvalue weighted by Gasteiger charge is 2.36. The molecule has 0 saturated heterocycles. The smallest absolute Gasteiger partial charge is 0.263 e. The molecule has 4 rings (SSSR count). The van der Waals surface area contributed by atoms with Gasteiger partial charge in [-0.25, -0.2) is 12.8 Å². The number of nitrogens with zero attached hydrogens (tertiary/aromatic N) is 1. The van der Waals surface area contributed by atoms with E-state index in [0.29, 0.717) is 34.7 Å². The van der Waals surface area contributed by atoms with Crippen molar-refractivity contribution >= 4 is 27.3 Å². The molecule has 0 amide bonds. The van der Waals surface area contributed by atoms with Gasteiger partial charge >= 0.3 is 0 Å². The van der Waals surface area contributed by atoms with Crippen molar-refractivity contribution in [3.8, 4) is 0 Å². The summed E-state index contributed by atoms with van der Waals surface area (Å²) in [6.07, 6.45) is 2.45. The van der Waals surface area contributed by atoms with E-state index in [1.165, 1.54) is 6.07 Å². The van der Waals surface area contributed by atoms with Crippen molar-refractivity contribution < 1.29 is 12.8 Å². The lowest BCUT2D eigenvalue weighted by Gasteiger charge is -2.38. The Morgan fingerprint density at radius 1 is 1.00 bits per heavy atom. The molecule has 3 aromatic rings. The van der Waals surface area contributed by atoms with E-state index in [4.69, 9.17) is 11.6 Å². The van der Waals surface area contributed by atoms with Gasteiger partial charge in [0.15, 0.2) is 0 Å². The molecule has 3 nitrogen and oxygen atoms in total. The van der Waals surface area contributed by atoms with Gasteiger partial charge in [-0.05, 0) is 93.0 Å². The molecular weight excluding hydrogens is 445 g/mol. The standard InChI is InChI=1S/C26H27ClFNO2S/c1-17-5-13-26(19(3)14-17)32(30,31)29-23(11-8-20-7-10-22(27)16-24(20)28)12-9-21-6-4-18(2)15-25(21)29/h4-7,10,13-16,23H,8-9,11-12H2,1-3H3. The van der Waals surface area contributed by atoms with Crippen LogP contribution in [0.2, 0.25) is 5.02 Å². The van der Waals surface area contributed by atoms with E-state index < -0.39 is 10.0 Å². The molecule has 1 aliphatic heterocycles. The summed E-state index contributed by atoms with van der Waals surface area (Å²) in [6.45, 7) is 5.75. The minimum Gasteiger partial charge on any atom is -0.263 e. The van der Waals surface area contributed by atoms with Crippen LogP contribution in [-0.4, -0.2) is 14.5 Å². The van der Waals surface area contributed by atoms with Crippen LogP contribution in [0.5, 0.6) is 0 Å². The largest absolute Gasteiger partial charge is 0.264 e. The Labute approximate surface area is 194 Å². The summed E-state index contributed by atoms with van der Waals surface area (Å²) in [6, 6.07) is 15.8. The molecule has 1 heterocycles. The SMILES string of the molecule is Cc1ccc(S(=O)(=O)N2c3cc(C)ccc3CCC2CCc2ccc(Cl)cc2F)c(C)c1. The van der Waals surface area contributed by atoms with Crippen LogP contribution < -0.4 is 4.31 Å². The minimum absolute atomic E-state index is 0.259. The van der Waals surface area contributed by atoms with E-state index in [9.17, 15) is 12.8 Å². The number of hydrogen-bond acceptors (Lipinski definition) is 2. The van der Waals surface area contributed by atoms with E-state index in [1.807, 2.05) is 51.1 Å². The van der Waals surface area contributed by atoms with Crippen LogP contribution in [-0.2, 0) is 22.9 Å². The predicted molar refractivity (Wildman–Crippen MR) is 129 cm³/mol. The fraction of sp³-hybridized carbons (Fsp3) is 0.308. The molecule has 0 fully saturated rings. The van der Waals surface area contributed by atoms with Gasteiger partial charge in [-0.15, -0.1) is 0 Å². The van der Waals surface area contributed by atoms with Crippen molar-refractivity contribution in [1.29, 1.82) is 0 Å². The van der Waals surface area contributed by atoms with Crippen LogP contribution in [0.25, 0.3) is 0 Å². The topological polar surface area (TPSA) is 37.4 Å². The number of benzene rings is 3. The van der Waals surface area contributed by atoms with Crippen LogP contribution in [0.15, 0.2) is 59.5 Å². The summed E-state index contributed by atoms with van der Waals surface area (Å²) in [4.78, 5) is 0.320. The Morgan fingerprint density at radius 2 is 1.72 bits per heavy atom. The maximum absolute atomic E-state index is 14.4. The number of rotatable bonds is 5. The molecule has 0 aromatic heterocycles. The quantitative estimate of drug-likeness (QED) is 0.423. The van der Waals surface area contributed by atoms with E-state index in [2.05, 4.69) is 0 Å². The van der Waals surface area contributed by atoms with E-state index >= 15 is 0 Å². The highest BCUT2D eigenvalue weighted by atomic mass is 35.5. The first kappa shape index (κ1) is 22.8. The summed E-state index contributed by atoms with van der Waals surface area (Å²) >= 11 is 5.89. The Hall–Kier alpha value is -2.37. The molecule has 32 heavy (non-hydrogen) atoms. The minimum atomic E-state index is -3.79. The lowest BCUT2D eigenvalue weighted by molar-refractivity contribution is 0.516. The highest BCUT2D eigenvalue weighted by molar-refractivity contribution is 7.93. The third-order valence-corrected chi connectivity index (χ3v) is 8.45. The molecule has 1 unspecified atom stereocenters. The van der Waals surface area contributed by atoms with E-state index in [-0.39, 0.29) is 11.9 Å². The summed E-state index contributed by atoms with van der Waals surface area (Å²) in [5.41, 5.74) is 5.07. The van der Waals surface area contributed by atoms with Crippen LogP contribution in [0, 0.1) is 26.6 Å². The molecule has 6 heteroatoms. The van der Waals surface area contributed by atoms with Crippen LogP contribution in [0.4, 0.5) is 10.1 Å². The number of hydrogen-bond donors (Lipinski definition) is 0. The Morgan fingerprint density at radius 3 is 2.44 bits per heavy atom. The molecule has 0 aliphatic carbocycles. The monoisotopic (exact) mass is 471 g/mol. The lowest BCUT2D eigenvalue weighted by atomic mass is 9.93. The first-order valence-electron chi connectivity index (χ1n) is 10.8.